The summed E-state index contributed by atoms with van der Waals surface area (Å²) in [5.41, 5.74) is 7.60. The molecule has 0 aliphatic carbocycles. The standard InChI is InChI=1S/C23H32/c1-17-10-8-9-11-21(17)20-13-18(15-22(2,3)4)12-19(14-20)16-23(5,6)7/h8-14H,15-16H2,1-7H3. The van der Waals surface area contributed by atoms with Crippen molar-refractivity contribution in [3.8, 4) is 11.1 Å². The predicted octanol–water partition coefficient (Wildman–Crippen LogP) is 6.84. The van der Waals surface area contributed by atoms with Gasteiger partial charge in [-0.15, -0.1) is 0 Å². The Kier molecular flexibility index (Phi) is 5.04. The van der Waals surface area contributed by atoms with E-state index in [1.807, 2.05) is 0 Å². The summed E-state index contributed by atoms with van der Waals surface area (Å²) in [6.07, 6.45) is 2.23. The zero-order valence-corrected chi connectivity index (χ0v) is 16.0. The molecule has 0 spiro atoms. The minimum Gasteiger partial charge on any atom is -0.0620 e. The van der Waals surface area contributed by atoms with Gasteiger partial charge in [-0.2, -0.15) is 0 Å². The van der Waals surface area contributed by atoms with E-state index >= 15 is 0 Å². The van der Waals surface area contributed by atoms with Crippen LogP contribution in [0.25, 0.3) is 11.1 Å². The highest BCUT2D eigenvalue weighted by Gasteiger charge is 2.16. The molecule has 23 heavy (non-hydrogen) atoms. The Labute approximate surface area is 143 Å². The van der Waals surface area contributed by atoms with Crippen molar-refractivity contribution < 1.29 is 0 Å². The van der Waals surface area contributed by atoms with E-state index in [1.54, 1.807) is 0 Å². The minimum atomic E-state index is 0.309. The molecule has 0 atom stereocenters. The van der Waals surface area contributed by atoms with Crippen LogP contribution in [0.1, 0.15) is 58.2 Å². The van der Waals surface area contributed by atoms with E-state index in [-0.39, 0.29) is 0 Å². The molecule has 0 aliphatic heterocycles. The summed E-state index contributed by atoms with van der Waals surface area (Å²) in [5, 5.41) is 0. The summed E-state index contributed by atoms with van der Waals surface area (Å²) in [6, 6.07) is 15.9. The lowest BCUT2D eigenvalue weighted by atomic mass is 9.83. The van der Waals surface area contributed by atoms with Gasteiger partial charge in [0.05, 0.1) is 0 Å². The van der Waals surface area contributed by atoms with Crippen molar-refractivity contribution in [3.05, 3.63) is 59.2 Å². The Morgan fingerprint density at radius 3 is 1.61 bits per heavy atom. The molecule has 2 rings (SSSR count). The third-order valence-electron chi connectivity index (χ3n) is 3.98. The lowest BCUT2D eigenvalue weighted by Gasteiger charge is -2.22. The first-order valence-electron chi connectivity index (χ1n) is 8.72. The highest BCUT2D eigenvalue weighted by molar-refractivity contribution is 5.68. The Balaban J connectivity index is 2.51. The van der Waals surface area contributed by atoms with Gasteiger partial charge in [0.15, 0.2) is 0 Å². The number of rotatable bonds is 3. The Bertz CT molecular complexity index is 629. The number of aryl methyl sites for hydroxylation is 1. The second-order valence-electron chi connectivity index (χ2n) is 9.33. The molecule has 0 heterocycles. The third-order valence-corrected chi connectivity index (χ3v) is 3.98. The van der Waals surface area contributed by atoms with Gasteiger partial charge in [0, 0.05) is 0 Å². The zero-order valence-electron chi connectivity index (χ0n) is 16.0. The maximum atomic E-state index is 2.41. The maximum absolute atomic E-state index is 2.41. The van der Waals surface area contributed by atoms with Gasteiger partial charge in [-0.3, -0.25) is 0 Å². The molecule has 0 amide bonds. The topological polar surface area (TPSA) is 0 Å². The second kappa shape index (κ2) is 6.51. The van der Waals surface area contributed by atoms with Crippen LogP contribution >= 0.6 is 0 Å². The van der Waals surface area contributed by atoms with Crippen LogP contribution in [0.2, 0.25) is 0 Å². The summed E-state index contributed by atoms with van der Waals surface area (Å²) < 4.78 is 0. The summed E-state index contributed by atoms with van der Waals surface area (Å²) in [7, 11) is 0. The van der Waals surface area contributed by atoms with E-state index in [2.05, 4.69) is 90.9 Å². The van der Waals surface area contributed by atoms with E-state index in [0.29, 0.717) is 10.8 Å². The molecule has 0 saturated carbocycles. The first-order valence-corrected chi connectivity index (χ1v) is 8.72. The molecule has 2 aromatic rings. The van der Waals surface area contributed by atoms with E-state index in [0.717, 1.165) is 12.8 Å². The van der Waals surface area contributed by atoms with Crippen molar-refractivity contribution >= 4 is 0 Å². The van der Waals surface area contributed by atoms with Crippen LogP contribution < -0.4 is 0 Å². The van der Waals surface area contributed by atoms with Gasteiger partial charge in [-0.05, 0) is 58.4 Å². The zero-order chi connectivity index (χ0) is 17.3. The van der Waals surface area contributed by atoms with Crippen molar-refractivity contribution in [2.45, 2.75) is 61.3 Å². The molecular formula is C23H32. The highest BCUT2D eigenvalue weighted by Crippen LogP contribution is 2.31. The van der Waals surface area contributed by atoms with Crippen LogP contribution in [0.15, 0.2) is 42.5 Å². The summed E-state index contributed by atoms with van der Waals surface area (Å²) in [6.45, 7) is 16.1. The lowest BCUT2D eigenvalue weighted by Crippen LogP contribution is -2.12. The molecule has 0 N–H and O–H groups in total. The molecule has 0 fully saturated rings. The maximum Gasteiger partial charge on any atom is -0.0155 e. The molecule has 0 radical (unpaired) electrons. The van der Waals surface area contributed by atoms with Gasteiger partial charge in [0.1, 0.15) is 0 Å². The quantitative estimate of drug-likeness (QED) is 0.582. The summed E-state index contributed by atoms with van der Waals surface area (Å²) in [4.78, 5) is 0. The molecular weight excluding hydrogens is 276 g/mol. The van der Waals surface area contributed by atoms with Crippen LogP contribution in [0.4, 0.5) is 0 Å². The predicted molar refractivity (Wildman–Crippen MR) is 103 cm³/mol. The molecule has 0 nitrogen and oxygen atoms in total. The fourth-order valence-electron chi connectivity index (χ4n) is 3.24. The lowest BCUT2D eigenvalue weighted by molar-refractivity contribution is 0.406. The van der Waals surface area contributed by atoms with Gasteiger partial charge in [0.2, 0.25) is 0 Å². The van der Waals surface area contributed by atoms with E-state index < -0.39 is 0 Å². The number of hydrogen-bond acceptors (Lipinski definition) is 0. The molecule has 0 saturated heterocycles. The molecule has 0 bridgehead atoms. The molecule has 0 aliphatic rings. The van der Waals surface area contributed by atoms with Crippen LogP contribution in [0.3, 0.4) is 0 Å². The SMILES string of the molecule is Cc1ccccc1-c1cc(CC(C)(C)C)cc(CC(C)(C)C)c1. The monoisotopic (exact) mass is 308 g/mol. The molecule has 2 aromatic carbocycles. The largest absolute Gasteiger partial charge is 0.0620 e. The van der Waals surface area contributed by atoms with Crippen LogP contribution in [-0.2, 0) is 12.8 Å². The van der Waals surface area contributed by atoms with Gasteiger partial charge in [0.25, 0.3) is 0 Å². The van der Waals surface area contributed by atoms with Gasteiger partial charge in [-0.1, -0.05) is 84.0 Å². The molecule has 0 aromatic heterocycles. The van der Waals surface area contributed by atoms with Gasteiger partial charge < -0.3 is 0 Å². The molecule has 0 unspecified atom stereocenters. The first-order chi connectivity index (χ1) is 10.5. The summed E-state index contributed by atoms with van der Waals surface area (Å²) >= 11 is 0. The van der Waals surface area contributed by atoms with Crippen molar-refractivity contribution in [2.75, 3.05) is 0 Å². The van der Waals surface area contributed by atoms with Crippen molar-refractivity contribution in [1.82, 2.24) is 0 Å². The number of benzene rings is 2. The van der Waals surface area contributed by atoms with Crippen molar-refractivity contribution in [1.29, 1.82) is 0 Å². The van der Waals surface area contributed by atoms with Crippen LogP contribution in [-0.4, -0.2) is 0 Å². The normalized spacial score (nSPS) is 12.5. The Morgan fingerprint density at radius 1 is 0.696 bits per heavy atom. The van der Waals surface area contributed by atoms with Crippen LogP contribution in [0, 0.1) is 17.8 Å². The van der Waals surface area contributed by atoms with E-state index in [4.69, 9.17) is 0 Å². The average Bonchev–Trinajstić information content (AvgIpc) is 2.34. The van der Waals surface area contributed by atoms with Gasteiger partial charge in [-0.25, -0.2) is 0 Å². The van der Waals surface area contributed by atoms with E-state index in [9.17, 15) is 0 Å². The summed E-state index contributed by atoms with van der Waals surface area (Å²) in [5.74, 6) is 0. The third kappa shape index (κ3) is 5.53. The fraction of sp³-hybridized carbons (Fsp3) is 0.478. The highest BCUT2D eigenvalue weighted by atomic mass is 14.2. The average molecular weight is 309 g/mol. The fourth-order valence-corrected chi connectivity index (χ4v) is 3.24. The molecule has 124 valence electrons. The first kappa shape index (κ1) is 17.8. The Morgan fingerprint density at radius 2 is 1.17 bits per heavy atom. The number of hydrogen-bond donors (Lipinski definition) is 0. The smallest absolute Gasteiger partial charge is 0.0155 e. The van der Waals surface area contributed by atoms with Crippen molar-refractivity contribution in [2.24, 2.45) is 10.8 Å². The van der Waals surface area contributed by atoms with Gasteiger partial charge >= 0.3 is 0 Å². The molecule has 0 heteroatoms. The second-order valence-corrected chi connectivity index (χ2v) is 9.33. The van der Waals surface area contributed by atoms with Crippen LogP contribution in [0.5, 0.6) is 0 Å². The minimum absolute atomic E-state index is 0.309. The van der Waals surface area contributed by atoms with E-state index in [1.165, 1.54) is 27.8 Å². The Hall–Kier alpha value is -1.56. The van der Waals surface area contributed by atoms with Crippen molar-refractivity contribution in [3.63, 3.8) is 0 Å².